The summed E-state index contributed by atoms with van der Waals surface area (Å²) < 4.78 is 24.5. The summed E-state index contributed by atoms with van der Waals surface area (Å²) in [6.07, 6.45) is 1.82. The van der Waals surface area contributed by atoms with E-state index in [9.17, 15) is 8.42 Å². The molecule has 5 heteroatoms. The van der Waals surface area contributed by atoms with Crippen LogP contribution in [0.1, 0.15) is 26.7 Å². The van der Waals surface area contributed by atoms with Gasteiger partial charge in [0.05, 0.1) is 5.75 Å². The standard InChI is InChI=1S/C8H18ClNO2S/c1-3-13(11,12)10-6-4-5-8(2)7-9/h8,10H,3-7H2,1-2H3. The smallest absolute Gasteiger partial charge is 0.211 e. The molecule has 0 aromatic heterocycles. The Kier molecular flexibility index (Phi) is 6.73. The second-order valence-electron chi connectivity index (χ2n) is 3.20. The van der Waals surface area contributed by atoms with E-state index in [1.54, 1.807) is 6.92 Å². The molecule has 0 aliphatic heterocycles. The van der Waals surface area contributed by atoms with E-state index in [2.05, 4.69) is 11.6 Å². The van der Waals surface area contributed by atoms with Gasteiger partial charge in [-0.2, -0.15) is 0 Å². The Hall–Kier alpha value is 0.200. The third-order valence-corrected chi connectivity index (χ3v) is 3.77. The number of rotatable bonds is 7. The Morgan fingerprint density at radius 2 is 2.08 bits per heavy atom. The summed E-state index contributed by atoms with van der Waals surface area (Å²) in [5, 5.41) is 0. The first-order chi connectivity index (χ1) is 6.02. The van der Waals surface area contributed by atoms with Gasteiger partial charge in [0.15, 0.2) is 0 Å². The van der Waals surface area contributed by atoms with Crippen LogP contribution in [0.4, 0.5) is 0 Å². The fraction of sp³-hybridized carbons (Fsp3) is 1.00. The highest BCUT2D eigenvalue weighted by atomic mass is 35.5. The van der Waals surface area contributed by atoms with Crippen LogP contribution in [0.25, 0.3) is 0 Å². The van der Waals surface area contributed by atoms with E-state index in [0.29, 0.717) is 18.3 Å². The van der Waals surface area contributed by atoms with Gasteiger partial charge in [-0.25, -0.2) is 13.1 Å². The highest BCUT2D eigenvalue weighted by Gasteiger charge is 2.05. The second kappa shape index (κ2) is 6.62. The average Bonchev–Trinajstić information content (AvgIpc) is 2.12. The Labute approximate surface area is 85.9 Å². The van der Waals surface area contributed by atoms with E-state index in [1.807, 2.05) is 0 Å². The molecular weight excluding hydrogens is 210 g/mol. The van der Waals surface area contributed by atoms with Crippen LogP contribution in [-0.2, 0) is 10.0 Å². The van der Waals surface area contributed by atoms with Crippen LogP contribution < -0.4 is 4.72 Å². The maximum atomic E-state index is 11.0. The summed E-state index contributed by atoms with van der Waals surface area (Å²) >= 11 is 5.61. The molecule has 0 aliphatic carbocycles. The molecule has 1 unspecified atom stereocenters. The minimum Gasteiger partial charge on any atom is -0.215 e. The number of alkyl halides is 1. The third kappa shape index (κ3) is 7.28. The molecule has 0 amide bonds. The normalized spacial score (nSPS) is 14.4. The molecular formula is C8H18ClNO2S. The third-order valence-electron chi connectivity index (χ3n) is 1.84. The highest BCUT2D eigenvalue weighted by molar-refractivity contribution is 7.89. The lowest BCUT2D eigenvalue weighted by molar-refractivity contribution is 0.544. The van der Waals surface area contributed by atoms with Crippen LogP contribution in [0.2, 0.25) is 0 Å². The first-order valence-corrected chi connectivity index (χ1v) is 6.73. The van der Waals surface area contributed by atoms with Crippen molar-refractivity contribution in [3.63, 3.8) is 0 Å². The summed E-state index contributed by atoms with van der Waals surface area (Å²) in [6, 6.07) is 0. The summed E-state index contributed by atoms with van der Waals surface area (Å²) in [5.74, 6) is 1.26. The van der Waals surface area contributed by atoms with Crippen LogP contribution in [0.5, 0.6) is 0 Å². The van der Waals surface area contributed by atoms with E-state index >= 15 is 0 Å². The minimum absolute atomic E-state index is 0.151. The molecule has 1 N–H and O–H groups in total. The van der Waals surface area contributed by atoms with Gasteiger partial charge >= 0.3 is 0 Å². The van der Waals surface area contributed by atoms with Gasteiger partial charge in [0.1, 0.15) is 0 Å². The Balaban J connectivity index is 3.47. The number of hydrogen-bond donors (Lipinski definition) is 1. The van der Waals surface area contributed by atoms with Crippen molar-refractivity contribution in [1.29, 1.82) is 0 Å². The Morgan fingerprint density at radius 3 is 2.54 bits per heavy atom. The van der Waals surface area contributed by atoms with Crippen molar-refractivity contribution in [2.75, 3.05) is 18.2 Å². The molecule has 0 bridgehead atoms. The number of halogens is 1. The molecule has 0 aliphatic rings. The summed E-state index contributed by atoms with van der Waals surface area (Å²) in [4.78, 5) is 0. The zero-order chi connectivity index (χ0) is 10.3. The Bertz CT molecular complexity index is 216. The van der Waals surface area contributed by atoms with Crippen molar-refractivity contribution in [3.05, 3.63) is 0 Å². The fourth-order valence-electron chi connectivity index (χ4n) is 0.857. The van der Waals surface area contributed by atoms with Crippen LogP contribution in [-0.4, -0.2) is 26.6 Å². The van der Waals surface area contributed by atoms with Crippen molar-refractivity contribution in [1.82, 2.24) is 4.72 Å². The molecule has 0 spiro atoms. The van der Waals surface area contributed by atoms with Crippen molar-refractivity contribution in [3.8, 4) is 0 Å². The number of sulfonamides is 1. The van der Waals surface area contributed by atoms with Crippen molar-refractivity contribution in [2.45, 2.75) is 26.7 Å². The minimum atomic E-state index is -3.01. The topological polar surface area (TPSA) is 46.2 Å². The maximum absolute atomic E-state index is 11.0. The molecule has 0 rings (SSSR count). The first-order valence-electron chi connectivity index (χ1n) is 4.55. The lowest BCUT2D eigenvalue weighted by atomic mass is 10.1. The number of hydrogen-bond acceptors (Lipinski definition) is 2. The molecule has 0 heterocycles. The monoisotopic (exact) mass is 227 g/mol. The molecule has 13 heavy (non-hydrogen) atoms. The van der Waals surface area contributed by atoms with Gasteiger partial charge in [0.2, 0.25) is 10.0 Å². The van der Waals surface area contributed by atoms with E-state index in [-0.39, 0.29) is 5.75 Å². The lowest BCUT2D eigenvalue weighted by Crippen LogP contribution is -2.26. The van der Waals surface area contributed by atoms with Gasteiger partial charge < -0.3 is 0 Å². The van der Waals surface area contributed by atoms with Crippen molar-refractivity contribution in [2.24, 2.45) is 5.92 Å². The summed E-state index contributed by atoms with van der Waals surface area (Å²) in [5.41, 5.74) is 0. The fourth-order valence-corrected chi connectivity index (χ4v) is 1.67. The molecule has 0 aromatic carbocycles. The van der Waals surface area contributed by atoms with Crippen molar-refractivity contribution >= 4 is 21.6 Å². The second-order valence-corrected chi connectivity index (χ2v) is 5.60. The predicted molar refractivity (Wildman–Crippen MR) is 56.6 cm³/mol. The summed E-state index contributed by atoms with van der Waals surface area (Å²) in [6.45, 7) is 4.21. The van der Waals surface area contributed by atoms with Crippen LogP contribution >= 0.6 is 11.6 Å². The zero-order valence-electron chi connectivity index (χ0n) is 8.22. The molecule has 0 aromatic rings. The van der Waals surface area contributed by atoms with E-state index < -0.39 is 10.0 Å². The summed E-state index contributed by atoms with van der Waals surface area (Å²) in [7, 11) is -3.01. The predicted octanol–water partition coefficient (Wildman–Crippen LogP) is 1.58. The molecule has 0 saturated carbocycles. The first kappa shape index (κ1) is 13.2. The van der Waals surface area contributed by atoms with Crippen LogP contribution in [0, 0.1) is 5.92 Å². The quantitative estimate of drug-likeness (QED) is 0.530. The van der Waals surface area contributed by atoms with E-state index in [1.165, 1.54) is 0 Å². The maximum Gasteiger partial charge on any atom is 0.211 e. The average molecular weight is 228 g/mol. The lowest BCUT2D eigenvalue weighted by Gasteiger charge is -2.07. The van der Waals surface area contributed by atoms with Gasteiger partial charge in [-0.1, -0.05) is 6.92 Å². The molecule has 0 radical (unpaired) electrons. The zero-order valence-corrected chi connectivity index (χ0v) is 9.79. The van der Waals surface area contributed by atoms with Crippen molar-refractivity contribution < 1.29 is 8.42 Å². The highest BCUT2D eigenvalue weighted by Crippen LogP contribution is 2.06. The molecule has 1 atom stereocenters. The van der Waals surface area contributed by atoms with Crippen LogP contribution in [0.3, 0.4) is 0 Å². The van der Waals surface area contributed by atoms with E-state index in [0.717, 1.165) is 12.8 Å². The Morgan fingerprint density at radius 1 is 1.46 bits per heavy atom. The largest absolute Gasteiger partial charge is 0.215 e. The van der Waals surface area contributed by atoms with Gasteiger partial charge in [0, 0.05) is 12.4 Å². The molecule has 0 fully saturated rings. The van der Waals surface area contributed by atoms with Gasteiger partial charge in [-0.05, 0) is 25.7 Å². The van der Waals surface area contributed by atoms with Gasteiger partial charge in [0.25, 0.3) is 0 Å². The van der Waals surface area contributed by atoms with Crippen LogP contribution in [0.15, 0.2) is 0 Å². The van der Waals surface area contributed by atoms with Gasteiger partial charge in [-0.15, -0.1) is 11.6 Å². The van der Waals surface area contributed by atoms with E-state index in [4.69, 9.17) is 11.6 Å². The molecule has 3 nitrogen and oxygen atoms in total. The van der Waals surface area contributed by atoms with Gasteiger partial charge in [-0.3, -0.25) is 0 Å². The SMILES string of the molecule is CCS(=O)(=O)NCCCC(C)CCl. The number of nitrogens with one attached hydrogen (secondary N) is 1. The molecule has 0 saturated heterocycles. The molecule has 80 valence electrons.